The molecule has 3 atom stereocenters. The molecule has 0 aliphatic heterocycles. The van der Waals surface area contributed by atoms with Crippen molar-refractivity contribution in [3.63, 3.8) is 0 Å². The van der Waals surface area contributed by atoms with E-state index in [9.17, 15) is 5.11 Å². The van der Waals surface area contributed by atoms with E-state index < -0.39 is 6.10 Å². The highest BCUT2D eigenvalue weighted by molar-refractivity contribution is 5.84. The highest BCUT2D eigenvalue weighted by Crippen LogP contribution is 2.45. The standard InChI is InChI=1S/C18H18N2O/c1-19-17-13-8-3-2-7-12(13)16(18(17)21)14-10-20-15-9-5-4-6-11(14)15/h2-10,16-21H,1H3/t16-,17+,18?/m1/s1. The third-order valence-electron chi connectivity index (χ3n) is 4.62. The fraction of sp³-hybridized carbons (Fsp3) is 0.222. The second-order valence-electron chi connectivity index (χ2n) is 5.65. The minimum absolute atomic E-state index is 0.00907. The molecule has 0 saturated heterocycles. The Morgan fingerprint density at radius 2 is 1.67 bits per heavy atom. The predicted octanol–water partition coefficient (Wildman–Crippen LogP) is 2.93. The van der Waals surface area contributed by atoms with Gasteiger partial charge in [0.15, 0.2) is 0 Å². The SMILES string of the molecule is CN[C@H]1c2ccccc2[C@H](c2c[nH]c3ccccc23)C1O. The number of aliphatic hydroxyl groups excluding tert-OH is 1. The Kier molecular flexibility index (Phi) is 2.84. The lowest BCUT2D eigenvalue weighted by Gasteiger charge is -2.19. The van der Waals surface area contributed by atoms with Crippen molar-refractivity contribution in [3.05, 3.63) is 71.4 Å². The number of nitrogens with one attached hydrogen (secondary N) is 2. The number of benzene rings is 2. The molecular formula is C18H18N2O. The molecule has 21 heavy (non-hydrogen) atoms. The van der Waals surface area contributed by atoms with Crippen molar-refractivity contribution in [2.75, 3.05) is 7.05 Å². The number of hydrogen-bond donors (Lipinski definition) is 3. The lowest BCUT2D eigenvalue weighted by atomic mass is 9.91. The van der Waals surface area contributed by atoms with Gasteiger partial charge in [0, 0.05) is 23.0 Å². The summed E-state index contributed by atoms with van der Waals surface area (Å²) in [4.78, 5) is 3.32. The average molecular weight is 278 g/mol. The zero-order valence-electron chi connectivity index (χ0n) is 11.9. The lowest BCUT2D eigenvalue weighted by Crippen LogP contribution is -2.28. The molecule has 0 saturated carbocycles. The van der Waals surface area contributed by atoms with Gasteiger partial charge in [-0.1, -0.05) is 42.5 Å². The number of fused-ring (bicyclic) bond motifs is 2. The fourth-order valence-corrected chi connectivity index (χ4v) is 3.67. The summed E-state index contributed by atoms with van der Waals surface area (Å²) in [6.07, 6.45) is 1.58. The Morgan fingerprint density at radius 1 is 0.952 bits per heavy atom. The quantitative estimate of drug-likeness (QED) is 0.675. The average Bonchev–Trinajstić information content (AvgIpc) is 3.05. The molecule has 2 aromatic carbocycles. The van der Waals surface area contributed by atoms with Crippen molar-refractivity contribution >= 4 is 10.9 Å². The molecule has 3 N–H and O–H groups in total. The van der Waals surface area contributed by atoms with Crippen molar-refractivity contribution in [1.82, 2.24) is 10.3 Å². The van der Waals surface area contributed by atoms with Gasteiger partial charge >= 0.3 is 0 Å². The number of rotatable bonds is 2. The van der Waals surface area contributed by atoms with Crippen LogP contribution in [0, 0.1) is 0 Å². The second-order valence-corrected chi connectivity index (χ2v) is 5.65. The first kappa shape index (κ1) is 12.6. The molecule has 0 amide bonds. The number of likely N-dealkylation sites (N-methyl/N-ethyl adjacent to an activating group) is 1. The van der Waals surface area contributed by atoms with E-state index in [4.69, 9.17) is 0 Å². The van der Waals surface area contributed by atoms with Crippen molar-refractivity contribution < 1.29 is 5.11 Å². The minimum Gasteiger partial charge on any atom is -0.390 e. The molecule has 1 aliphatic rings. The second kappa shape index (κ2) is 4.72. The molecule has 1 unspecified atom stereocenters. The number of aromatic amines is 1. The van der Waals surface area contributed by atoms with Gasteiger partial charge in [-0.3, -0.25) is 0 Å². The summed E-state index contributed by atoms with van der Waals surface area (Å²) in [6, 6.07) is 16.6. The van der Waals surface area contributed by atoms with Gasteiger partial charge in [0.05, 0.1) is 12.1 Å². The number of aliphatic hydroxyl groups is 1. The van der Waals surface area contributed by atoms with Crippen LogP contribution in [-0.4, -0.2) is 23.2 Å². The molecule has 0 fully saturated rings. The molecule has 3 heteroatoms. The van der Waals surface area contributed by atoms with E-state index in [0.29, 0.717) is 0 Å². The Bertz CT molecular complexity index is 793. The monoisotopic (exact) mass is 278 g/mol. The fourth-order valence-electron chi connectivity index (χ4n) is 3.67. The van der Waals surface area contributed by atoms with Crippen molar-refractivity contribution in [3.8, 4) is 0 Å². The third-order valence-corrected chi connectivity index (χ3v) is 4.62. The Balaban J connectivity index is 1.92. The van der Waals surface area contributed by atoms with Gasteiger partial charge < -0.3 is 15.4 Å². The van der Waals surface area contributed by atoms with Crippen LogP contribution < -0.4 is 5.32 Å². The Labute approximate surface area is 123 Å². The van der Waals surface area contributed by atoms with Gasteiger partial charge in [0.2, 0.25) is 0 Å². The molecule has 4 rings (SSSR count). The van der Waals surface area contributed by atoms with Crippen LogP contribution in [0.25, 0.3) is 10.9 Å². The number of hydrogen-bond acceptors (Lipinski definition) is 2. The molecule has 1 aliphatic carbocycles. The maximum atomic E-state index is 10.8. The number of para-hydroxylation sites is 1. The van der Waals surface area contributed by atoms with Crippen molar-refractivity contribution in [2.24, 2.45) is 0 Å². The van der Waals surface area contributed by atoms with Gasteiger partial charge in [-0.05, 0) is 29.8 Å². The maximum Gasteiger partial charge on any atom is 0.0844 e. The smallest absolute Gasteiger partial charge is 0.0844 e. The van der Waals surface area contributed by atoms with E-state index in [0.717, 1.165) is 5.52 Å². The number of aromatic nitrogens is 1. The molecule has 106 valence electrons. The molecule has 0 bridgehead atoms. The van der Waals surface area contributed by atoms with Crippen LogP contribution in [0.1, 0.15) is 28.7 Å². The highest BCUT2D eigenvalue weighted by Gasteiger charge is 2.40. The van der Waals surface area contributed by atoms with E-state index in [1.807, 2.05) is 37.5 Å². The van der Waals surface area contributed by atoms with Crippen LogP contribution in [0.2, 0.25) is 0 Å². The van der Waals surface area contributed by atoms with Crippen LogP contribution >= 0.6 is 0 Å². The molecular weight excluding hydrogens is 260 g/mol. The van der Waals surface area contributed by atoms with E-state index >= 15 is 0 Å². The van der Waals surface area contributed by atoms with Crippen LogP contribution in [0.15, 0.2) is 54.7 Å². The lowest BCUT2D eigenvalue weighted by molar-refractivity contribution is 0.130. The van der Waals surface area contributed by atoms with E-state index in [2.05, 4.69) is 34.6 Å². The first-order valence-electron chi connectivity index (χ1n) is 7.31. The molecule has 0 radical (unpaired) electrons. The zero-order valence-corrected chi connectivity index (χ0v) is 11.9. The normalized spacial score (nSPS) is 24.4. The van der Waals surface area contributed by atoms with Crippen molar-refractivity contribution in [2.45, 2.75) is 18.1 Å². The van der Waals surface area contributed by atoms with Crippen LogP contribution in [-0.2, 0) is 0 Å². The van der Waals surface area contributed by atoms with E-state index in [-0.39, 0.29) is 12.0 Å². The Hall–Kier alpha value is -2.10. The largest absolute Gasteiger partial charge is 0.390 e. The van der Waals surface area contributed by atoms with Gasteiger partial charge in [0.1, 0.15) is 0 Å². The van der Waals surface area contributed by atoms with Gasteiger partial charge in [-0.2, -0.15) is 0 Å². The van der Waals surface area contributed by atoms with Gasteiger partial charge in [-0.25, -0.2) is 0 Å². The van der Waals surface area contributed by atoms with E-state index in [1.165, 1.54) is 22.1 Å². The van der Waals surface area contributed by atoms with Crippen LogP contribution in [0.4, 0.5) is 0 Å². The van der Waals surface area contributed by atoms with E-state index in [1.54, 1.807) is 0 Å². The Morgan fingerprint density at radius 3 is 2.48 bits per heavy atom. The number of H-pyrrole nitrogens is 1. The predicted molar refractivity (Wildman–Crippen MR) is 84.4 cm³/mol. The minimum atomic E-state index is -0.452. The third kappa shape index (κ3) is 1.75. The summed E-state index contributed by atoms with van der Waals surface area (Å²) in [5.41, 5.74) is 4.70. The van der Waals surface area contributed by atoms with Gasteiger partial charge in [0.25, 0.3) is 0 Å². The summed E-state index contributed by atoms with van der Waals surface area (Å²) in [7, 11) is 1.91. The van der Waals surface area contributed by atoms with Crippen LogP contribution in [0.3, 0.4) is 0 Å². The molecule has 1 heterocycles. The molecule has 3 nitrogen and oxygen atoms in total. The summed E-state index contributed by atoms with van der Waals surface area (Å²) in [6.45, 7) is 0. The topological polar surface area (TPSA) is 48.0 Å². The first-order valence-corrected chi connectivity index (χ1v) is 7.31. The molecule has 1 aromatic heterocycles. The highest BCUT2D eigenvalue weighted by atomic mass is 16.3. The summed E-state index contributed by atoms with van der Waals surface area (Å²) < 4.78 is 0. The van der Waals surface area contributed by atoms with Crippen LogP contribution in [0.5, 0.6) is 0 Å². The molecule has 3 aromatic rings. The maximum absolute atomic E-state index is 10.8. The first-order chi connectivity index (χ1) is 10.3. The summed E-state index contributed by atoms with van der Waals surface area (Å²) in [5, 5.41) is 15.3. The zero-order chi connectivity index (χ0) is 14.4. The molecule has 0 spiro atoms. The van der Waals surface area contributed by atoms with Crippen molar-refractivity contribution in [1.29, 1.82) is 0 Å². The summed E-state index contributed by atoms with van der Waals surface area (Å²) >= 11 is 0. The van der Waals surface area contributed by atoms with Gasteiger partial charge in [-0.15, -0.1) is 0 Å². The summed E-state index contributed by atoms with van der Waals surface area (Å²) in [5.74, 6) is 0.00907.